The molecular weight excluding hydrogens is 324 g/mol. The van der Waals surface area contributed by atoms with E-state index < -0.39 is 27.8 Å². The molecule has 2 rings (SSSR count). The molecule has 1 aliphatic carbocycles. The van der Waals surface area contributed by atoms with Gasteiger partial charge in [0, 0.05) is 18.8 Å². The highest BCUT2D eigenvalue weighted by atomic mass is 32.2. The van der Waals surface area contributed by atoms with E-state index in [0.717, 1.165) is 11.1 Å². The van der Waals surface area contributed by atoms with Gasteiger partial charge in [-0.1, -0.05) is 23.8 Å². The minimum Gasteiger partial charge on any atom is -0.274 e. The maximum atomic E-state index is 13.1. The van der Waals surface area contributed by atoms with Crippen molar-refractivity contribution in [1.29, 1.82) is 0 Å². The second-order valence-electron chi connectivity index (χ2n) is 6.29. The Bertz CT molecular complexity index is 691. The van der Waals surface area contributed by atoms with Gasteiger partial charge in [-0.25, -0.2) is 17.2 Å². The van der Waals surface area contributed by atoms with Crippen molar-refractivity contribution in [3.8, 4) is 0 Å². The quantitative estimate of drug-likeness (QED) is 0.912. The Hall–Kier alpha value is -1.50. The molecular formula is C16H21F2NO3S. The molecule has 1 N–H and O–H groups in total. The molecule has 1 aromatic rings. The number of carbonyl (C=O) groups excluding carboxylic acids is 1. The second-order valence-corrected chi connectivity index (χ2v) is 8.01. The van der Waals surface area contributed by atoms with E-state index in [-0.39, 0.29) is 31.4 Å². The average Bonchev–Trinajstić information content (AvgIpc) is 2.41. The molecule has 128 valence electrons. The van der Waals surface area contributed by atoms with Crippen LogP contribution in [0.5, 0.6) is 0 Å². The summed E-state index contributed by atoms with van der Waals surface area (Å²) in [6, 6.07) is 5.47. The molecule has 1 fully saturated rings. The molecule has 0 radical (unpaired) electrons. The van der Waals surface area contributed by atoms with E-state index in [9.17, 15) is 22.0 Å². The van der Waals surface area contributed by atoms with Crippen LogP contribution in [0.15, 0.2) is 18.2 Å². The Morgan fingerprint density at radius 3 is 2.48 bits per heavy atom. The zero-order valence-electron chi connectivity index (χ0n) is 13.2. The number of hydrogen-bond acceptors (Lipinski definition) is 3. The van der Waals surface area contributed by atoms with Crippen LogP contribution < -0.4 is 4.72 Å². The summed E-state index contributed by atoms with van der Waals surface area (Å²) in [4.78, 5) is 12.0. The van der Waals surface area contributed by atoms with Crippen LogP contribution in [0.1, 0.15) is 42.4 Å². The normalized spacial score (nSPS) is 18.6. The summed E-state index contributed by atoms with van der Waals surface area (Å²) in [6.07, 6.45) is -0.722. The maximum Gasteiger partial charge on any atom is 0.248 e. The van der Waals surface area contributed by atoms with Gasteiger partial charge >= 0.3 is 0 Å². The number of nitrogens with one attached hydrogen (secondary N) is 1. The third kappa shape index (κ3) is 4.99. The summed E-state index contributed by atoms with van der Waals surface area (Å²) in [5.41, 5.74) is 2.38. The SMILES string of the molecule is Cc1ccc(C)c(CS(=O)(=O)NC(=O)C2CCC(F)(F)CC2)c1. The molecule has 0 aliphatic heterocycles. The monoisotopic (exact) mass is 345 g/mol. The topological polar surface area (TPSA) is 63.2 Å². The minimum absolute atomic E-state index is 0.0117. The van der Waals surface area contributed by atoms with Crippen molar-refractivity contribution in [1.82, 2.24) is 4.72 Å². The smallest absolute Gasteiger partial charge is 0.248 e. The van der Waals surface area contributed by atoms with Crippen molar-refractivity contribution in [2.45, 2.75) is 51.2 Å². The first-order valence-electron chi connectivity index (χ1n) is 7.56. The third-order valence-corrected chi connectivity index (χ3v) is 5.40. The molecule has 0 spiro atoms. The first-order chi connectivity index (χ1) is 10.6. The molecule has 0 saturated heterocycles. The van der Waals surface area contributed by atoms with Crippen LogP contribution in [-0.4, -0.2) is 20.2 Å². The van der Waals surface area contributed by atoms with Crippen molar-refractivity contribution in [3.05, 3.63) is 34.9 Å². The summed E-state index contributed by atoms with van der Waals surface area (Å²) in [6.45, 7) is 3.66. The lowest BCUT2D eigenvalue weighted by Crippen LogP contribution is -2.39. The van der Waals surface area contributed by atoms with Crippen LogP contribution in [0.3, 0.4) is 0 Å². The van der Waals surface area contributed by atoms with E-state index in [1.165, 1.54) is 0 Å². The maximum absolute atomic E-state index is 13.1. The predicted octanol–water partition coefficient (Wildman–Crippen LogP) is 3.07. The number of halogens is 2. The molecule has 1 saturated carbocycles. The summed E-state index contributed by atoms with van der Waals surface area (Å²) >= 11 is 0. The summed E-state index contributed by atoms with van der Waals surface area (Å²) in [7, 11) is -3.84. The fraction of sp³-hybridized carbons (Fsp3) is 0.562. The molecule has 1 aliphatic rings. The Balaban J connectivity index is 2.01. The molecule has 4 nitrogen and oxygen atoms in total. The number of hydrogen-bond donors (Lipinski definition) is 1. The van der Waals surface area contributed by atoms with Gasteiger partial charge in [0.1, 0.15) is 0 Å². The van der Waals surface area contributed by atoms with Gasteiger partial charge < -0.3 is 0 Å². The molecule has 7 heteroatoms. The van der Waals surface area contributed by atoms with Crippen LogP contribution >= 0.6 is 0 Å². The van der Waals surface area contributed by atoms with Gasteiger partial charge in [0.2, 0.25) is 21.9 Å². The number of carbonyl (C=O) groups is 1. The van der Waals surface area contributed by atoms with Gasteiger partial charge in [0.25, 0.3) is 0 Å². The summed E-state index contributed by atoms with van der Waals surface area (Å²) < 4.78 is 52.6. The zero-order valence-corrected chi connectivity index (χ0v) is 14.1. The number of amides is 1. The molecule has 23 heavy (non-hydrogen) atoms. The summed E-state index contributed by atoms with van der Waals surface area (Å²) in [5, 5.41) is 0. The van der Waals surface area contributed by atoms with Crippen molar-refractivity contribution >= 4 is 15.9 Å². The average molecular weight is 345 g/mol. The van der Waals surface area contributed by atoms with Crippen LogP contribution in [0.2, 0.25) is 0 Å². The van der Waals surface area contributed by atoms with Gasteiger partial charge in [0.05, 0.1) is 5.75 Å². The Morgan fingerprint density at radius 1 is 1.26 bits per heavy atom. The van der Waals surface area contributed by atoms with Gasteiger partial charge in [-0.15, -0.1) is 0 Å². The van der Waals surface area contributed by atoms with Gasteiger partial charge in [0.15, 0.2) is 0 Å². The lowest BCUT2D eigenvalue weighted by Gasteiger charge is -2.27. The van der Waals surface area contributed by atoms with Crippen LogP contribution in [0.25, 0.3) is 0 Å². The van der Waals surface area contributed by atoms with E-state index in [1.54, 1.807) is 13.0 Å². The molecule has 0 atom stereocenters. The van der Waals surface area contributed by atoms with Gasteiger partial charge in [-0.05, 0) is 37.8 Å². The first-order valence-corrected chi connectivity index (χ1v) is 9.21. The third-order valence-electron chi connectivity index (χ3n) is 4.19. The molecule has 1 aromatic carbocycles. The molecule has 0 heterocycles. The zero-order chi connectivity index (χ0) is 17.3. The van der Waals surface area contributed by atoms with Crippen LogP contribution in [-0.2, 0) is 20.6 Å². The van der Waals surface area contributed by atoms with E-state index in [4.69, 9.17) is 0 Å². The minimum atomic E-state index is -3.84. The van der Waals surface area contributed by atoms with Gasteiger partial charge in [-0.3, -0.25) is 9.52 Å². The van der Waals surface area contributed by atoms with Crippen LogP contribution in [0, 0.1) is 19.8 Å². The molecule has 0 aromatic heterocycles. The highest BCUT2D eigenvalue weighted by molar-refractivity contribution is 7.89. The fourth-order valence-electron chi connectivity index (χ4n) is 2.74. The number of aryl methyl sites for hydroxylation is 2. The van der Waals surface area contributed by atoms with Crippen molar-refractivity contribution < 1.29 is 22.0 Å². The van der Waals surface area contributed by atoms with Crippen LogP contribution in [0.4, 0.5) is 8.78 Å². The Morgan fingerprint density at radius 2 is 1.87 bits per heavy atom. The number of sulfonamides is 1. The lowest BCUT2D eigenvalue weighted by molar-refractivity contribution is -0.127. The fourth-order valence-corrected chi connectivity index (χ4v) is 4.00. The Labute approximate surface area is 135 Å². The second kappa shape index (κ2) is 6.55. The van der Waals surface area contributed by atoms with E-state index >= 15 is 0 Å². The number of benzene rings is 1. The number of rotatable bonds is 4. The lowest BCUT2D eigenvalue weighted by atomic mass is 9.86. The van der Waals surface area contributed by atoms with Crippen molar-refractivity contribution in [3.63, 3.8) is 0 Å². The Kier molecular flexibility index (Phi) is 5.08. The molecule has 1 amide bonds. The largest absolute Gasteiger partial charge is 0.274 e. The highest BCUT2D eigenvalue weighted by Gasteiger charge is 2.38. The van der Waals surface area contributed by atoms with Crippen molar-refractivity contribution in [2.75, 3.05) is 0 Å². The van der Waals surface area contributed by atoms with E-state index in [1.807, 2.05) is 23.8 Å². The first kappa shape index (κ1) is 17.8. The van der Waals surface area contributed by atoms with E-state index in [2.05, 4.69) is 0 Å². The summed E-state index contributed by atoms with van der Waals surface area (Å²) in [5.74, 6) is -4.38. The molecule has 0 unspecified atom stereocenters. The predicted molar refractivity (Wildman–Crippen MR) is 83.6 cm³/mol. The van der Waals surface area contributed by atoms with Gasteiger partial charge in [-0.2, -0.15) is 0 Å². The van der Waals surface area contributed by atoms with Crippen molar-refractivity contribution in [2.24, 2.45) is 5.92 Å². The molecule has 0 bridgehead atoms. The highest BCUT2D eigenvalue weighted by Crippen LogP contribution is 2.36. The van der Waals surface area contributed by atoms with E-state index in [0.29, 0.717) is 5.56 Å². The standard InChI is InChI=1S/C16H21F2NO3S/c1-11-3-4-12(2)14(9-11)10-23(21,22)19-15(20)13-5-7-16(17,18)8-6-13/h3-4,9,13H,5-8,10H2,1-2H3,(H,19,20). The number of alkyl halides is 2.